The van der Waals surface area contributed by atoms with Crippen LogP contribution in [0.3, 0.4) is 0 Å². The summed E-state index contributed by atoms with van der Waals surface area (Å²) in [6.45, 7) is 4.59. The Kier molecular flexibility index (Phi) is 8.54. The number of guanidine groups is 1. The molecule has 1 saturated heterocycles. The van der Waals surface area contributed by atoms with Gasteiger partial charge in [0.05, 0.1) is 18.9 Å². The van der Waals surface area contributed by atoms with Gasteiger partial charge < -0.3 is 34.6 Å². The highest BCUT2D eigenvalue weighted by molar-refractivity contribution is 7.45. The fraction of sp³-hybridized carbons (Fsp3) is 0.273. The Morgan fingerprint density at radius 2 is 1.79 bits per heavy atom. The van der Waals surface area contributed by atoms with Crippen molar-refractivity contribution in [2.45, 2.75) is 12.8 Å². The van der Waals surface area contributed by atoms with Crippen LogP contribution in [0, 0.1) is 5.82 Å². The number of ether oxygens (including phenoxy) is 1. The highest BCUT2D eigenvalue weighted by Gasteiger charge is 2.18. The monoisotopic (exact) mass is 492 g/mol. The lowest BCUT2D eigenvalue weighted by Crippen LogP contribution is -2.44. The molecule has 0 spiro atoms. The molecule has 0 aliphatic carbocycles. The van der Waals surface area contributed by atoms with Gasteiger partial charge in [-0.15, -0.1) is 0 Å². The number of aromatic nitrogens is 1. The van der Waals surface area contributed by atoms with Gasteiger partial charge in [-0.3, -0.25) is 0 Å². The van der Waals surface area contributed by atoms with Crippen LogP contribution in [-0.2, 0) is 9.30 Å². The van der Waals surface area contributed by atoms with Crippen LogP contribution in [0.5, 0.6) is 0 Å². The summed E-state index contributed by atoms with van der Waals surface area (Å²) in [4.78, 5) is 27.8. The number of hydrogen-bond acceptors (Lipinski definition) is 5. The maximum Gasteiger partial charge on any atom is 0.466 e. The lowest BCUT2D eigenvalue weighted by atomic mass is 9.95. The van der Waals surface area contributed by atoms with Crippen molar-refractivity contribution in [1.29, 1.82) is 0 Å². The van der Waals surface area contributed by atoms with E-state index >= 15 is 0 Å². The van der Waals surface area contributed by atoms with Crippen LogP contribution in [0.2, 0.25) is 0 Å². The molecule has 0 bridgehead atoms. The molecule has 2 aromatic carbocycles. The molecule has 5 N–H and O–H groups in total. The minimum Gasteiger partial charge on any atom is -0.378 e. The summed E-state index contributed by atoms with van der Waals surface area (Å²) in [7, 11) is -4.64. The van der Waals surface area contributed by atoms with Gasteiger partial charge in [0.2, 0.25) is 0 Å². The number of phosphoric acid groups is 1. The molecule has 1 atom stereocenters. The van der Waals surface area contributed by atoms with Crippen molar-refractivity contribution in [2.24, 2.45) is 10.7 Å². The molecular formula is C22H26FN4O6P. The summed E-state index contributed by atoms with van der Waals surface area (Å²) in [5, 5.41) is 4.10. The van der Waals surface area contributed by atoms with E-state index in [0.717, 1.165) is 11.1 Å². The van der Waals surface area contributed by atoms with Crippen LogP contribution in [0.1, 0.15) is 24.1 Å². The van der Waals surface area contributed by atoms with Crippen molar-refractivity contribution in [2.75, 3.05) is 26.3 Å². The third-order valence-electron chi connectivity index (χ3n) is 5.10. The molecule has 1 aliphatic rings. The van der Waals surface area contributed by atoms with E-state index < -0.39 is 7.82 Å². The Morgan fingerprint density at radius 3 is 2.41 bits per heavy atom. The highest BCUT2D eigenvalue weighted by atomic mass is 31.2. The first-order valence-corrected chi connectivity index (χ1v) is 11.9. The normalized spacial score (nSPS) is 15.4. The predicted molar refractivity (Wildman–Crippen MR) is 124 cm³/mol. The zero-order valence-corrected chi connectivity index (χ0v) is 19.3. The number of benzene rings is 2. The molecule has 34 heavy (non-hydrogen) atoms. The first-order chi connectivity index (χ1) is 16.1. The molecule has 2 heterocycles. The molecule has 1 aliphatic heterocycles. The van der Waals surface area contributed by atoms with E-state index in [1.165, 1.54) is 0 Å². The van der Waals surface area contributed by atoms with Gasteiger partial charge in [-0.25, -0.2) is 8.96 Å². The predicted octanol–water partition coefficient (Wildman–Crippen LogP) is 2.98. The van der Waals surface area contributed by atoms with Crippen molar-refractivity contribution in [1.82, 2.24) is 10.1 Å². The fourth-order valence-electron chi connectivity index (χ4n) is 3.33. The van der Waals surface area contributed by atoms with E-state index in [1.807, 2.05) is 48.2 Å². The summed E-state index contributed by atoms with van der Waals surface area (Å²) in [6.07, 6.45) is 0. The van der Waals surface area contributed by atoms with Crippen molar-refractivity contribution in [3.63, 3.8) is 0 Å². The van der Waals surface area contributed by atoms with Gasteiger partial charge in [-0.05, 0) is 17.2 Å². The first kappa shape index (κ1) is 25.5. The average molecular weight is 492 g/mol. The minimum atomic E-state index is -4.64. The molecule has 182 valence electrons. The van der Waals surface area contributed by atoms with Crippen LogP contribution in [0.4, 0.5) is 10.3 Å². The van der Waals surface area contributed by atoms with Gasteiger partial charge in [0, 0.05) is 30.6 Å². The van der Waals surface area contributed by atoms with Crippen molar-refractivity contribution in [3.8, 4) is 11.1 Å². The molecule has 0 saturated carbocycles. The zero-order chi connectivity index (χ0) is 24.7. The van der Waals surface area contributed by atoms with Crippen molar-refractivity contribution < 1.29 is 32.9 Å². The lowest BCUT2D eigenvalue weighted by Gasteiger charge is -2.27. The highest BCUT2D eigenvalue weighted by Crippen LogP contribution is 2.30. The molecular weight excluding hydrogens is 466 g/mol. The number of rotatable bonds is 4. The fourth-order valence-corrected chi connectivity index (χ4v) is 3.33. The molecule has 12 heteroatoms. The smallest absolute Gasteiger partial charge is 0.378 e. The summed E-state index contributed by atoms with van der Waals surface area (Å²) in [6, 6.07) is 16.5. The van der Waals surface area contributed by atoms with Gasteiger partial charge in [-0.1, -0.05) is 54.5 Å². The van der Waals surface area contributed by atoms with E-state index in [2.05, 4.69) is 10.1 Å². The van der Waals surface area contributed by atoms with Gasteiger partial charge in [0.25, 0.3) is 5.88 Å². The van der Waals surface area contributed by atoms with Crippen molar-refractivity contribution in [3.05, 3.63) is 71.7 Å². The number of nitrogens with zero attached hydrogens (tertiary/aromatic N) is 3. The second-order valence-corrected chi connectivity index (χ2v) is 8.53. The Labute approximate surface area is 195 Å². The number of halogens is 1. The topological polar surface area (TPSA) is 155 Å². The van der Waals surface area contributed by atoms with Crippen molar-refractivity contribution >= 4 is 19.7 Å². The lowest BCUT2D eigenvalue weighted by molar-refractivity contribution is 0.0675. The summed E-state index contributed by atoms with van der Waals surface area (Å²) in [5.74, 6) is 0.296. The summed E-state index contributed by atoms with van der Waals surface area (Å²) in [5.41, 5.74) is 8.96. The minimum absolute atomic E-state index is 0.147. The van der Waals surface area contributed by atoms with Gasteiger partial charge in [0.15, 0.2) is 5.96 Å². The molecule has 10 nitrogen and oxygen atoms in total. The third-order valence-corrected chi connectivity index (χ3v) is 5.10. The SMILES string of the molecule is C[C@@H](c1ccc(-c2ccccc2)c(F)c1)c1cc(/N=C(/N)N2CCOCC2)on1.O=P(O)(O)O. The number of aliphatic imine (C=N–C) groups is 1. The molecule has 0 unspecified atom stereocenters. The largest absolute Gasteiger partial charge is 0.466 e. The van der Waals surface area contributed by atoms with Crippen LogP contribution in [-0.4, -0.2) is 57.0 Å². The Balaban J connectivity index is 0.000000588. The maximum atomic E-state index is 14.7. The summed E-state index contributed by atoms with van der Waals surface area (Å²) < 4.78 is 34.2. The van der Waals surface area contributed by atoms with Crippen LogP contribution >= 0.6 is 7.82 Å². The Hall–Kier alpha value is -3.08. The standard InChI is InChI=1S/C22H23FN4O2.H3O4P/c1-15(17-7-8-18(19(23)13-17)16-5-3-2-4-6-16)20-14-21(29-26-20)25-22(24)27-9-11-28-12-10-27;1-5(2,3)4/h2-8,13-15H,9-12H2,1H3,(H2,24,25);(H3,1,2,3,4)/t15-;/m0./s1. The Bertz CT molecular complexity index is 1150. The van der Waals surface area contributed by atoms with Crippen LogP contribution in [0.15, 0.2) is 64.1 Å². The van der Waals surface area contributed by atoms with E-state index in [-0.39, 0.29) is 11.7 Å². The second-order valence-electron chi connectivity index (χ2n) is 7.50. The summed E-state index contributed by atoms with van der Waals surface area (Å²) >= 11 is 0. The number of hydrogen-bond donors (Lipinski definition) is 4. The zero-order valence-electron chi connectivity index (χ0n) is 18.4. The first-order valence-electron chi connectivity index (χ1n) is 10.4. The van der Waals surface area contributed by atoms with E-state index in [0.29, 0.717) is 49.4 Å². The van der Waals surface area contributed by atoms with E-state index in [9.17, 15) is 4.39 Å². The number of nitrogens with two attached hydrogens (primary N) is 1. The van der Waals surface area contributed by atoms with E-state index in [4.69, 9.17) is 34.2 Å². The van der Waals surface area contributed by atoms with Gasteiger partial charge >= 0.3 is 7.82 Å². The van der Waals surface area contributed by atoms with E-state index in [1.54, 1.807) is 18.2 Å². The quantitative estimate of drug-likeness (QED) is 0.244. The molecule has 0 radical (unpaired) electrons. The van der Waals surface area contributed by atoms with Crippen LogP contribution in [0.25, 0.3) is 11.1 Å². The maximum absolute atomic E-state index is 14.7. The van der Waals surface area contributed by atoms with Gasteiger partial charge in [0.1, 0.15) is 5.82 Å². The third kappa shape index (κ3) is 7.47. The van der Waals surface area contributed by atoms with Gasteiger partial charge in [-0.2, -0.15) is 4.99 Å². The molecule has 4 rings (SSSR count). The molecule has 1 fully saturated rings. The molecule has 1 aromatic heterocycles. The second kappa shape index (κ2) is 11.4. The molecule has 0 amide bonds. The van der Waals surface area contributed by atoms with Crippen LogP contribution < -0.4 is 5.73 Å². The molecule has 3 aromatic rings. The Morgan fingerprint density at radius 1 is 1.15 bits per heavy atom. The average Bonchev–Trinajstić information content (AvgIpc) is 3.27. The number of morpholine rings is 1.